The summed E-state index contributed by atoms with van der Waals surface area (Å²) in [6.45, 7) is 6.21. The van der Waals surface area contributed by atoms with E-state index in [1.807, 2.05) is 30.0 Å². The lowest BCUT2D eigenvalue weighted by Gasteiger charge is -2.33. The van der Waals surface area contributed by atoms with Crippen molar-refractivity contribution in [2.75, 3.05) is 26.2 Å². The monoisotopic (exact) mass is 490 g/mol. The summed E-state index contributed by atoms with van der Waals surface area (Å²) in [6.07, 6.45) is 0.552. The molecule has 1 unspecified atom stereocenters. The number of fused-ring (bicyclic) bond motifs is 1. The van der Waals surface area contributed by atoms with E-state index in [0.29, 0.717) is 30.9 Å². The van der Waals surface area contributed by atoms with Crippen molar-refractivity contribution in [2.45, 2.75) is 45.5 Å². The Morgan fingerprint density at radius 2 is 1.75 bits per heavy atom. The first-order chi connectivity index (χ1) is 17.4. The Balaban J connectivity index is 1.20. The Morgan fingerprint density at radius 1 is 0.972 bits per heavy atom. The zero-order valence-corrected chi connectivity index (χ0v) is 20.4. The number of carbonyl (C=O) groups is 4. The van der Waals surface area contributed by atoms with Crippen molar-refractivity contribution in [3.63, 3.8) is 0 Å². The molecule has 5 rings (SSSR count). The smallest absolute Gasteiger partial charge is 0.255 e. The molecule has 3 aliphatic heterocycles. The Labute approximate surface area is 210 Å². The highest BCUT2D eigenvalue weighted by molar-refractivity contribution is 6.05. The zero-order valence-electron chi connectivity index (χ0n) is 20.4. The van der Waals surface area contributed by atoms with Gasteiger partial charge in [0.15, 0.2) is 0 Å². The average molecular weight is 491 g/mol. The summed E-state index contributed by atoms with van der Waals surface area (Å²) >= 11 is 0. The lowest BCUT2D eigenvalue weighted by molar-refractivity contribution is -0.137. The maximum Gasteiger partial charge on any atom is 0.255 e. The predicted octanol–water partition coefficient (Wildman–Crippen LogP) is 1.69. The topological polar surface area (TPSA) is 99.3 Å². The molecule has 1 atom stereocenters. The number of hydrogen-bond acceptors (Lipinski definition) is 6. The highest BCUT2D eigenvalue weighted by Crippen LogP contribution is 2.34. The minimum Gasteiger partial charge on any atom is -0.489 e. The van der Waals surface area contributed by atoms with Gasteiger partial charge in [0.05, 0.1) is 13.1 Å². The van der Waals surface area contributed by atoms with Crippen LogP contribution in [0.25, 0.3) is 0 Å². The number of amides is 4. The Kier molecular flexibility index (Phi) is 6.73. The normalized spacial score (nSPS) is 20.5. The first-order valence-corrected chi connectivity index (χ1v) is 12.4. The number of carbonyl (C=O) groups excluding carboxylic acids is 4. The first kappa shape index (κ1) is 24.0. The molecule has 2 saturated heterocycles. The highest BCUT2D eigenvalue weighted by Gasteiger charge is 2.40. The van der Waals surface area contributed by atoms with Crippen LogP contribution in [0.2, 0.25) is 0 Å². The molecule has 0 bridgehead atoms. The van der Waals surface area contributed by atoms with Crippen LogP contribution >= 0.6 is 0 Å². The quantitative estimate of drug-likeness (QED) is 0.593. The summed E-state index contributed by atoms with van der Waals surface area (Å²) in [6, 6.07) is 12.9. The fourth-order valence-corrected chi connectivity index (χ4v) is 5.08. The fraction of sp³-hybridized carbons (Fsp3) is 0.407. The van der Waals surface area contributed by atoms with Crippen LogP contribution in [0.15, 0.2) is 42.5 Å². The summed E-state index contributed by atoms with van der Waals surface area (Å²) in [5.41, 5.74) is 3.43. The Morgan fingerprint density at radius 3 is 2.47 bits per heavy atom. The molecule has 36 heavy (non-hydrogen) atoms. The molecule has 188 valence electrons. The van der Waals surface area contributed by atoms with Crippen molar-refractivity contribution in [3.8, 4) is 5.75 Å². The van der Waals surface area contributed by atoms with Gasteiger partial charge in [0.1, 0.15) is 18.4 Å². The van der Waals surface area contributed by atoms with Gasteiger partial charge < -0.3 is 14.5 Å². The van der Waals surface area contributed by atoms with E-state index in [1.165, 1.54) is 4.90 Å². The SMILES string of the molecule is CCN1CCN(Cc2ccc(COc3cccc4c3CN(C3CCC(=O)NC3=O)C4=O)cc2)CC1=O. The minimum absolute atomic E-state index is 0.179. The fourth-order valence-electron chi connectivity index (χ4n) is 5.08. The van der Waals surface area contributed by atoms with Gasteiger partial charge in [0.2, 0.25) is 17.7 Å². The van der Waals surface area contributed by atoms with E-state index in [2.05, 4.69) is 22.3 Å². The van der Waals surface area contributed by atoms with Gasteiger partial charge in [0.25, 0.3) is 5.91 Å². The van der Waals surface area contributed by atoms with E-state index in [9.17, 15) is 19.2 Å². The number of nitrogens with one attached hydrogen (secondary N) is 1. The van der Waals surface area contributed by atoms with Crippen molar-refractivity contribution in [1.82, 2.24) is 20.0 Å². The number of ether oxygens (including phenoxy) is 1. The molecule has 3 heterocycles. The number of piperidine rings is 1. The van der Waals surface area contributed by atoms with Crippen LogP contribution in [0.1, 0.15) is 46.8 Å². The molecule has 2 aromatic rings. The van der Waals surface area contributed by atoms with Gasteiger partial charge in [0, 0.05) is 43.7 Å². The maximum absolute atomic E-state index is 13.0. The van der Waals surface area contributed by atoms with Crippen molar-refractivity contribution >= 4 is 23.6 Å². The lowest BCUT2D eigenvalue weighted by atomic mass is 10.0. The van der Waals surface area contributed by atoms with Crippen molar-refractivity contribution in [3.05, 3.63) is 64.7 Å². The summed E-state index contributed by atoms with van der Waals surface area (Å²) < 4.78 is 6.10. The number of nitrogens with zero attached hydrogens (tertiary/aromatic N) is 3. The van der Waals surface area contributed by atoms with Gasteiger partial charge in [-0.15, -0.1) is 0 Å². The standard InChI is InChI=1S/C27H30N4O5/c1-2-30-13-12-29(16-25(30)33)14-18-6-8-19(9-7-18)17-36-23-5-3-4-20-21(23)15-31(27(20)35)22-10-11-24(32)28-26(22)34/h3-9,22H,2,10-17H2,1H3,(H,28,32,34). The van der Waals surface area contributed by atoms with Gasteiger partial charge in [-0.2, -0.15) is 0 Å². The van der Waals surface area contributed by atoms with Crippen LogP contribution in [0.3, 0.4) is 0 Å². The van der Waals surface area contributed by atoms with E-state index in [0.717, 1.165) is 42.9 Å². The van der Waals surface area contributed by atoms with Crippen LogP contribution in [0.5, 0.6) is 5.75 Å². The number of hydrogen-bond donors (Lipinski definition) is 1. The average Bonchev–Trinajstić information content (AvgIpc) is 3.20. The number of rotatable bonds is 7. The molecule has 2 aromatic carbocycles. The third-order valence-corrected chi connectivity index (χ3v) is 7.14. The molecule has 0 aromatic heterocycles. The molecule has 3 aliphatic rings. The molecule has 0 aliphatic carbocycles. The van der Waals surface area contributed by atoms with Crippen LogP contribution in [0.4, 0.5) is 0 Å². The van der Waals surface area contributed by atoms with Crippen LogP contribution < -0.4 is 10.1 Å². The largest absolute Gasteiger partial charge is 0.489 e. The van der Waals surface area contributed by atoms with Gasteiger partial charge in [-0.25, -0.2) is 0 Å². The third kappa shape index (κ3) is 4.83. The minimum atomic E-state index is -0.650. The molecular formula is C27H30N4O5. The molecule has 0 radical (unpaired) electrons. The van der Waals surface area contributed by atoms with Crippen LogP contribution in [-0.4, -0.2) is 70.5 Å². The molecule has 0 spiro atoms. The zero-order chi connectivity index (χ0) is 25.2. The molecule has 2 fully saturated rings. The summed E-state index contributed by atoms with van der Waals surface area (Å²) in [7, 11) is 0. The highest BCUT2D eigenvalue weighted by atomic mass is 16.5. The lowest BCUT2D eigenvalue weighted by Crippen LogP contribution is -2.52. The molecule has 9 nitrogen and oxygen atoms in total. The Hall–Kier alpha value is -3.72. The van der Waals surface area contributed by atoms with E-state index in [4.69, 9.17) is 4.74 Å². The number of likely N-dealkylation sites (N-methyl/N-ethyl adjacent to an activating group) is 1. The molecule has 1 N–H and O–H groups in total. The number of benzene rings is 2. The second kappa shape index (κ2) is 10.1. The number of piperazine rings is 1. The predicted molar refractivity (Wildman–Crippen MR) is 131 cm³/mol. The molecule has 9 heteroatoms. The van der Waals surface area contributed by atoms with E-state index < -0.39 is 11.9 Å². The molecule has 0 saturated carbocycles. The second-order valence-electron chi connectivity index (χ2n) is 9.47. The maximum atomic E-state index is 13.0. The van der Waals surface area contributed by atoms with E-state index >= 15 is 0 Å². The van der Waals surface area contributed by atoms with Crippen molar-refractivity contribution < 1.29 is 23.9 Å². The van der Waals surface area contributed by atoms with Gasteiger partial charge >= 0.3 is 0 Å². The van der Waals surface area contributed by atoms with E-state index in [-0.39, 0.29) is 30.7 Å². The van der Waals surface area contributed by atoms with Gasteiger partial charge in [-0.1, -0.05) is 30.3 Å². The van der Waals surface area contributed by atoms with Crippen molar-refractivity contribution in [2.24, 2.45) is 0 Å². The van der Waals surface area contributed by atoms with Gasteiger partial charge in [-0.05, 0) is 36.6 Å². The molecule has 4 amide bonds. The van der Waals surface area contributed by atoms with Gasteiger partial charge in [-0.3, -0.25) is 29.4 Å². The summed E-state index contributed by atoms with van der Waals surface area (Å²) in [4.78, 5) is 54.5. The molecular weight excluding hydrogens is 460 g/mol. The first-order valence-electron chi connectivity index (χ1n) is 12.4. The number of imide groups is 1. The van der Waals surface area contributed by atoms with Crippen LogP contribution in [0, 0.1) is 0 Å². The second-order valence-corrected chi connectivity index (χ2v) is 9.47. The van der Waals surface area contributed by atoms with E-state index in [1.54, 1.807) is 12.1 Å². The summed E-state index contributed by atoms with van der Waals surface area (Å²) in [5.74, 6) is -0.145. The van der Waals surface area contributed by atoms with Crippen molar-refractivity contribution in [1.29, 1.82) is 0 Å². The summed E-state index contributed by atoms with van der Waals surface area (Å²) in [5, 5.41) is 2.33. The van der Waals surface area contributed by atoms with Crippen LogP contribution in [-0.2, 0) is 34.1 Å². The third-order valence-electron chi connectivity index (χ3n) is 7.14. The Bertz CT molecular complexity index is 1200.